The number of ether oxygens (including phenoxy) is 1. The summed E-state index contributed by atoms with van der Waals surface area (Å²) in [4.78, 5) is 14.3. The van der Waals surface area contributed by atoms with Crippen LogP contribution in [0.5, 0.6) is 5.75 Å². The van der Waals surface area contributed by atoms with Gasteiger partial charge in [-0.05, 0) is 68.5 Å². The van der Waals surface area contributed by atoms with Crippen LogP contribution in [0.25, 0.3) is 0 Å². The third-order valence-electron chi connectivity index (χ3n) is 5.57. The van der Waals surface area contributed by atoms with Crippen LogP contribution in [0.2, 0.25) is 0 Å². The van der Waals surface area contributed by atoms with Crippen LogP contribution in [0.4, 0.5) is 0 Å². The van der Waals surface area contributed by atoms with Gasteiger partial charge < -0.3 is 15.2 Å². The highest BCUT2D eigenvalue weighted by molar-refractivity contribution is 5.78. The molecule has 0 aliphatic carbocycles. The first-order chi connectivity index (χ1) is 13.9. The summed E-state index contributed by atoms with van der Waals surface area (Å²) in [5, 5.41) is 13.9. The Morgan fingerprint density at radius 1 is 1.17 bits per heavy atom. The molecule has 3 rings (SSSR count). The molecule has 1 aliphatic heterocycles. The number of likely N-dealkylation sites (tertiary alicyclic amines) is 1. The van der Waals surface area contributed by atoms with E-state index in [0.29, 0.717) is 26.1 Å². The largest absolute Gasteiger partial charge is 0.491 e. The third-order valence-corrected chi connectivity index (χ3v) is 5.57. The van der Waals surface area contributed by atoms with E-state index in [2.05, 4.69) is 31.3 Å². The average molecular weight is 397 g/mol. The van der Waals surface area contributed by atoms with E-state index in [1.165, 1.54) is 16.7 Å². The highest BCUT2D eigenvalue weighted by Crippen LogP contribution is 2.24. The molecule has 0 spiro atoms. The normalized spacial score (nSPS) is 19.7. The minimum Gasteiger partial charge on any atom is -0.491 e. The maximum Gasteiger partial charge on any atom is 0.234 e. The lowest BCUT2D eigenvalue weighted by atomic mass is 9.93. The van der Waals surface area contributed by atoms with E-state index in [4.69, 9.17) is 4.74 Å². The molecule has 0 saturated carbocycles. The number of aliphatic hydroxyl groups is 1. The van der Waals surface area contributed by atoms with Gasteiger partial charge in [0.15, 0.2) is 0 Å². The van der Waals surface area contributed by atoms with Crippen molar-refractivity contribution in [2.24, 2.45) is 0 Å². The zero-order chi connectivity index (χ0) is 20.7. The number of amides is 1. The standard InChI is InChI=1S/C24H32N2O3/c1-19-9-10-22(15-20(19)2)29-18-24(28)12-6-14-26(17-24)16-23(27)25-13-11-21-7-4-3-5-8-21/h3-5,7-10,15,28H,6,11-14,16-18H2,1-2H3,(H,25,27)/t24-/m1/s1. The topological polar surface area (TPSA) is 61.8 Å². The van der Waals surface area contributed by atoms with Gasteiger partial charge in [-0.1, -0.05) is 36.4 Å². The fraction of sp³-hybridized carbons (Fsp3) is 0.458. The average Bonchev–Trinajstić information content (AvgIpc) is 2.70. The van der Waals surface area contributed by atoms with Gasteiger partial charge in [0.2, 0.25) is 5.91 Å². The Morgan fingerprint density at radius 2 is 1.97 bits per heavy atom. The Hall–Kier alpha value is -2.37. The number of hydrogen-bond acceptors (Lipinski definition) is 4. The maximum atomic E-state index is 12.3. The molecular weight excluding hydrogens is 364 g/mol. The molecule has 1 heterocycles. The molecule has 0 bridgehead atoms. The summed E-state index contributed by atoms with van der Waals surface area (Å²) in [6.07, 6.45) is 2.36. The lowest BCUT2D eigenvalue weighted by Crippen LogP contribution is -2.53. The molecule has 1 saturated heterocycles. The van der Waals surface area contributed by atoms with Gasteiger partial charge in [-0.25, -0.2) is 0 Å². The fourth-order valence-electron chi connectivity index (χ4n) is 3.73. The van der Waals surface area contributed by atoms with E-state index in [1.807, 2.05) is 41.3 Å². The van der Waals surface area contributed by atoms with Crippen LogP contribution in [0.1, 0.15) is 29.5 Å². The Labute approximate surface area is 173 Å². The Balaban J connectivity index is 1.43. The highest BCUT2D eigenvalue weighted by atomic mass is 16.5. The monoisotopic (exact) mass is 396 g/mol. The molecule has 1 aliphatic rings. The van der Waals surface area contributed by atoms with E-state index in [1.54, 1.807) is 0 Å². The van der Waals surface area contributed by atoms with Crippen LogP contribution in [0, 0.1) is 13.8 Å². The molecule has 5 heteroatoms. The van der Waals surface area contributed by atoms with Crippen molar-refractivity contribution in [3.05, 3.63) is 65.2 Å². The molecule has 1 fully saturated rings. The highest BCUT2D eigenvalue weighted by Gasteiger charge is 2.34. The number of benzene rings is 2. The minimum atomic E-state index is -0.929. The molecule has 5 nitrogen and oxygen atoms in total. The number of β-amino-alcohol motifs (C(OH)–C–C–N with tert-alkyl or cyclic N) is 1. The SMILES string of the molecule is Cc1ccc(OC[C@@]2(O)CCCN(CC(=O)NCCc3ccccc3)C2)cc1C. The fourth-order valence-corrected chi connectivity index (χ4v) is 3.73. The molecule has 1 amide bonds. The summed E-state index contributed by atoms with van der Waals surface area (Å²) in [7, 11) is 0. The van der Waals surface area contributed by atoms with Gasteiger partial charge in [0, 0.05) is 13.1 Å². The summed E-state index contributed by atoms with van der Waals surface area (Å²) in [6.45, 7) is 6.55. The molecule has 2 N–H and O–H groups in total. The summed E-state index contributed by atoms with van der Waals surface area (Å²) in [5.74, 6) is 0.776. The first-order valence-corrected chi connectivity index (χ1v) is 10.4. The van der Waals surface area contributed by atoms with Gasteiger partial charge in [0.25, 0.3) is 0 Å². The van der Waals surface area contributed by atoms with Crippen LogP contribution >= 0.6 is 0 Å². The lowest BCUT2D eigenvalue weighted by molar-refractivity contribution is -0.124. The first kappa shape index (κ1) is 21.3. The van der Waals surface area contributed by atoms with Crippen LogP contribution in [-0.4, -0.2) is 54.3 Å². The Bertz CT molecular complexity index is 809. The molecule has 2 aromatic carbocycles. The van der Waals surface area contributed by atoms with Gasteiger partial charge >= 0.3 is 0 Å². The van der Waals surface area contributed by atoms with E-state index in [0.717, 1.165) is 25.1 Å². The van der Waals surface area contributed by atoms with Gasteiger partial charge in [-0.3, -0.25) is 9.69 Å². The van der Waals surface area contributed by atoms with Crippen LogP contribution < -0.4 is 10.1 Å². The first-order valence-electron chi connectivity index (χ1n) is 10.4. The summed E-state index contributed by atoms with van der Waals surface area (Å²) in [5.41, 5.74) is 2.68. The van der Waals surface area contributed by atoms with Crippen LogP contribution in [0.3, 0.4) is 0 Å². The van der Waals surface area contributed by atoms with Gasteiger partial charge in [0.1, 0.15) is 18.0 Å². The molecule has 29 heavy (non-hydrogen) atoms. The molecule has 2 aromatic rings. The van der Waals surface area contributed by atoms with Crippen LogP contribution in [-0.2, 0) is 11.2 Å². The molecule has 0 aromatic heterocycles. The molecular formula is C24H32N2O3. The van der Waals surface area contributed by atoms with E-state index in [9.17, 15) is 9.90 Å². The molecule has 156 valence electrons. The van der Waals surface area contributed by atoms with Crippen LogP contribution in [0.15, 0.2) is 48.5 Å². The van der Waals surface area contributed by atoms with Gasteiger partial charge in [-0.2, -0.15) is 0 Å². The lowest BCUT2D eigenvalue weighted by Gasteiger charge is -2.38. The number of rotatable bonds is 8. The van der Waals surface area contributed by atoms with Gasteiger partial charge in [0.05, 0.1) is 6.54 Å². The summed E-state index contributed by atoms with van der Waals surface area (Å²) in [6, 6.07) is 16.1. The quantitative estimate of drug-likeness (QED) is 0.720. The second-order valence-electron chi connectivity index (χ2n) is 8.16. The van der Waals surface area contributed by atoms with E-state index < -0.39 is 5.60 Å². The number of hydrogen-bond donors (Lipinski definition) is 2. The second-order valence-corrected chi connectivity index (χ2v) is 8.16. The van der Waals surface area contributed by atoms with Crippen molar-refractivity contribution < 1.29 is 14.6 Å². The summed E-state index contributed by atoms with van der Waals surface area (Å²) < 4.78 is 5.87. The number of aryl methyl sites for hydroxylation is 2. The number of nitrogens with one attached hydrogen (secondary N) is 1. The molecule has 0 radical (unpaired) electrons. The maximum absolute atomic E-state index is 12.3. The number of carbonyl (C=O) groups excluding carboxylic acids is 1. The molecule has 1 atom stereocenters. The number of piperidine rings is 1. The Morgan fingerprint density at radius 3 is 2.72 bits per heavy atom. The number of nitrogens with zero attached hydrogens (tertiary/aromatic N) is 1. The van der Waals surface area contributed by atoms with Crippen molar-refractivity contribution in [3.8, 4) is 5.75 Å². The van der Waals surface area contributed by atoms with Gasteiger partial charge in [-0.15, -0.1) is 0 Å². The molecule has 0 unspecified atom stereocenters. The van der Waals surface area contributed by atoms with E-state index in [-0.39, 0.29) is 12.5 Å². The van der Waals surface area contributed by atoms with Crippen molar-refractivity contribution in [2.45, 2.75) is 38.7 Å². The smallest absolute Gasteiger partial charge is 0.234 e. The van der Waals surface area contributed by atoms with Crippen molar-refractivity contribution in [1.29, 1.82) is 0 Å². The van der Waals surface area contributed by atoms with Crippen molar-refractivity contribution in [1.82, 2.24) is 10.2 Å². The summed E-state index contributed by atoms with van der Waals surface area (Å²) >= 11 is 0. The number of carbonyl (C=O) groups is 1. The predicted octanol–water partition coefficient (Wildman–Crippen LogP) is 2.87. The zero-order valence-electron chi connectivity index (χ0n) is 17.5. The third kappa shape index (κ3) is 6.58. The van der Waals surface area contributed by atoms with Crippen molar-refractivity contribution in [3.63, 3.8) is 0 Å². The predicted molar refractivity (Wildman–Crippen MR) is 115 cm³/mol. The minimum absolute atomic E-state index is 0.000240. The van der Waals surface area contributed by atoms with E-state index >= 15 is 0 Å². The van der Waals surface area contributed by atoms with Crippen molar-refractivity contribution in [2.75, 3.05) is 32.8 Å². The second kappa shape index (κ2) is 9.90. The Kier molecular flexibility index (Phi) is 7.29. The van der Waals surface area contributed by atoms with Crippen molar-refractivity contribution >= 4 is 5.91 Å². The zero-order valence-corrected chi connectivity index (χ0v) is 17.5.